The second-order valence-electron chi connectivity index (χ2n) is 3.55. The van der Waals surface area contributed by atoms with Gasteiger partial charge in [0.2, 0.25) is 0 Å². The Morgan fingerprint density at radius 1 is 1.62 bits per heavy atom. The average Bonchev–Trinajstić information content (AvgIpc) is 2.15. The minimum absolute atomic E-state index is 0.0839. The fourth-order valence-electron chi connectivity index (χ4n) is 1.56. The number of anilines is 1. The molecule has 0 radical (unpaired) electrons. The highest BCUT2D eigenvalue weighted by molar-refractivity contribution is 6.13. The zero-order chi connectivity index (χ0) is 11.7. The van der Waals surface area contributed by atoms with Crippen molar-refractivity contribution >= 4 is 23.4 Å². The van der Waals surface area contributed by atoms with E-state index in [9.17, 15) is 9.18 Å². The van der Waals surface area contributed by atoms with Gasteiger partial charge in [-0.05, 0) is 29.5 Å². The molecule has 0 saturated heterocycles. The molecule has 0 saturated carbocycles. The Morgan fingerprint density at radius 3 is 3.06 bits per heavy atom. The van der Waals surface area contributed by atoms with Crippen LogP contribution in [0.25, 0.3) is 0 Å². The van der Waals surface area contributed by atoms with Gasteiger partial charge in [-0.3, -0.25) is 4.79 Å². The van der Waals surface area contributed by atoms with Crippen LogP contribution in [0.15, 0.2) is 12.1 Å². The van der Waals surface area contributed by atoms with Crippen LogP contribution in [0.2, 0.25) is 0 Å². The van der Waals surface area contributed by atoms with E-state index in [2.05, 4.69) is 5.32 Å². The molecule has 1 aromatic carbocycles. The summed E-state index contributed by atoms with van der Waals surface area (Å²) in [6.07, 6.45) is 0. The molecule has 1 N–H and O–H groups in total. The summed E-state index contributed by atoms with van der Waals surface area (Å²) < 4.78 is 20.0. The average molecular weight is 245 g/mol. The van der Waals surface area contributed by atoms with E-state index in [-0.39, 0.29) is 18.3 Å². The van der Waals surface area contributed by atoms with E-state index in [1.807, 2.05) is 0 Å². The molecule has 0 spiro atoms. The van der Waals surface area contributed by atoms with Crippen molar-refractivity contribution in [3.8, 4) is 5.75 Å². The summed E-state index contributed by atoms with van der Waals surface area (Å²) in [7, 11) is 1.66. The van der Waals surface area contributed by atoms with E-state index in [4.69, 9.17) is 16.5 Å². The number of hydrogen-bond donors (Lipinski definition) is 1. The Hall–Kier alpha value is -1.33. The second-order valence-corrected chi connectivity index (χ2v) is 4.13. The van der Waals surface area contributed by atoms with Crippen molar-refractivity contribution in [2.75, 3.05) is 19.0 Å². The number of nitrogens with zero attached hydrogens (tertiary/aromatic N) is 1. The van der Waals surface area contributed by atoms with Crippen LogP contribution < -0.4 is 10.1 Å². The Bertz CT molecular complexity index is 437. The Labute approximate surface area is 97.1 Å². The first-order chi connectivity index (χ1) is 7.56. The number of fused-ring (bicyclic) bond motifs is 1. The van der Waals surface area contributed by atoms with E-state index in [1.165, 1.54) is 10.5 Å². The number of hydrogen-bond acceptors (Lipinski definition) is 3. The van der Waals surface area contributed by atoms with Crippen LogP contribution in [-0.4, -0.2) is 24.0 Å². The number of nitrogens with one attached hydrogen (secondary N) is 1. The van der Waals surface area contributed by atoms with Crippen LogP contribution in [-0.2, 0) is 11.3 Å². The first kappa shape index (κ1) is 11.2. The first-order valence-corrected chi connectivity index (χ1v) is 5.02. The minimum Gasteiger partial charge on any atom is -0.478 e. The number of carbonyl (C=O) groups is 1. The normalized spacial score (nSPS) is 14.4. The van der Waals surface area contributed by atoms with Gasteiger partial charge in [-0.2, -0.15) is 0 Å². The van der Waals surface area contributed by atoms with Gasteiger partial charge >= 0.3 is 0 Å². The van der Waals surface area contributed by atoms with Gasteiger partial charge in [0.15, 0.2) is 18.2 Å². The maximum Gasteiger partial charge on any atom is 0.262 e. The fourth-order valence-corrected chi connectivity index (χ4v) is 1.69. The highest BCUT2D eigenvalue weighted by atomic mass is 35.5. The van der Waals surface area contributed by atoms with Crippen LogP contribution in [0.5, 0.6) is 5.75 Å². The number of carbonyl (C=O) groups excluding carboxylic acids is 1. The van der Waals surface area contributed by atoms with Gasteiger partial charge in [0.25, 0.3) is 5.91 Å². The molecule has 0 aliphatic carbocycles. The molecule has 16 heavy (non-hydrogen) atoms. The molecule has 86 valence electrons. The van der Waals surface area contributed by atoms with E-state index in [0.29, 0.717) is 17.8 Å². The maximum absolute atomic E-state index is 13.6. The molecule has 1 aromatic rings. The summed E-state index contributed by atoms with van der Waals surface area (Å²) in [5, 5.41) is 2.55. The smallest absolute Gasteiger partial charge is 0.262 e. The molecular formula is C10H10ClFN2O2. The topological polar surface area (TPSA) is 41.6 Å². The van der Waals surface area contributed by atoms with Crippen LogP contribution >= 0.6 is 11.8 Å². The van der Waals surface area contributed by atoms with Gasteiger partial charge in [0.1, 0.15) is 0 Å². The maximum atomic E-state index is 13.6. The Kier molecular flexibility index (Phi) is 2.98. The van der Waals surface area contributed by atoms with Gasteiger partial charge in [0.05, 0.1) is 5.69 Å². The van der Waals surface area contributed by atoms with Gasteiger partial charge in [0, 0.05) is 13.6 Å². The minimum atomic E-state index is -0.494. The molecule has 0 bridgehead atoms. The van der Waals surface area contributed by atoms with Gasteiger partial charge in [-0.1, -0.05) is 0 Å². The zero-order valence-electron chi connectivity index (χ0n) is 8.59. The van der Waals surface area contributed by atoms with Crippen molar-refractivity contribution in [3.63, 3.8) is 0 Å². The first-order valence-electron chi connectivity index (χ1n) is 4.68. The SMILES string of the molecule is CN(Cl)Cc1cc(F)c2c(c1)NC(=O)CO2. The van der Waals surface area contributed by atoms with E-state index >= 15 is 0 Å². The second kappa shape index (κ2) is 4.27. The molecule has 6 heteroatoms. The van der Waals surface area contributed by atoms with E-state index in [0.717, 1.165) is 0 Å². The number of amides is 1. The highest BCUT2D eigenvalue weighted by Crippen LogP contribution is 2.32. The largest absolute Gasteiger partial charge is 0.478 e. The molecule has 0 atom stereocenters. The molecule has 1 aliphatic heterocycles. The molecule has 1 amide bonds. The third-order valence-electron chi connectivity index (χ3n) is 2.13. The Balaban J connectivity index is 2.35. The molecule has 2 rings (SSSR count). The van der Waals surface area contributed by atoms with Crippen LogP contribution in [0.1, 0.15) is 5.56 Å². The van der Waals surface area contributed by atoms with Crippen molar-refractivity contribution in [1.29, 1.82) is 0 Å². The summed E-state index contributed by atoms with van der Waals surface area (Å²) >= 11 is 5.67. The lowest BCUT2D eigenvalue weighted by atomic mass is 10.1. The summed E-state index contributed by atoms with van der Waals surface area (Å²) in [4.78, 5) is 11.1. The lowest BCUT2D eigenvalue weighted by Crippen LogP contribution is -2.26. The van der Waals surface area contributed by atoms with Gasteiger partial charge in [-0.15, -0.1) is 0 Å². The lowest BCUT2D eigenvalue weighted by Gasteiger charge is -2.19. The third kappa shape index (κ3) is 2.25. The van der Waals surface area contributed by atoms with E-state index < -0.39 is 5.82 Å². The quantitative estimate of drug-likeness (QED) is 0.806. The number of halogens is 2. The fraction of sp³-hybridized carbons (Fsp3) is 0.300. The number of benzene rings is 1. The zero-order valence-corrected chi connectivity index (χ0v) is 9.34. The van der Waals surface area contributed by atoms with Crippen LogP contribution in [0, 0.1) is 5.82 Å². The number of ether oxygens (including phenoxy) is 1. The standard InChI is InChI=1S/C10H10ClFN2O2/c1-14(11)4-6-2-7(12)10-8(3-6)13-9(15)5-16-10/h2-3H,4-5H2,1H3,(H,13,15). The van der Waals surface area contributed by atoms with Crippen molar-refractivity contribution in [1.82, 2.24) is 4.42 Å². The summed E-state index contributed by atoms with van der Waals surface area (Å²) in [6.45, 7) is 0.223. The predicted octanol–water partition coefficient (Wildman–Crippen LogP) is 1.74. The van der Waals surface area contributed by atoms with Crippen molar-refractivity contribution in [2.24, 2.45) is 0 Å². The van der Waals surface area contributed by atoms with Crippen molar-refractivity contribution in [3.05, 3.63) is 23.5 Å². The molecule has 0 unspecified atom stereocenters. The third-order valence-corrected chi connectivity index (χ3v) is 2.25. The predicted molar refractivity (Wildman–Crippen MR) is 57.8 cm³/mol. The van der Waals surface area contributed by atoms with E-state index in [1.54, 1.807) is 13.1 Å². The van der Waals surface area contributed by atoms with Crippen molar-refractivity contribution < 1.29 is 13.9 Å². The Morgan fingerprint density at radius 2 is 2.38 bits per heavy atom. The van der Waals surface area contributed by atoms with Gasteiger partial charge in [-0.25, -0.2) is 8.81 Å². The highest BCUT2D eigenvalue weighted by Gasteiger charge is 2.20. The molecule has 1 heterocycles. The molecular weight excluding hydrogens is 235 g/mol. The summed E-state index contributed by atoms with van der Waals surface area (Å²) in [6, 6.07) is 2.99. The van der Waals surface area contributed by atoms with Gasteiger partial charge < -0.3 is 10.1 Å². The summed E-state index contributed by atoms with van der Waals surface area (Å²) in [5.41, 5.74) is 1.02. The molecule has 0 aromatic heterocycles. The molecule has 1 aliphatic rings. The molecule has 0 fully saturated rings. The monoisotopic (exact) mass is 244 g/mol. The summed E-state index contributed by atoms with van der Waals surface area (Å²) in [5.74, 6) is -0.699. The molecule has 4 nitrogen and oxygen atoms in total. The van der Waals surface area contributed by atoms with Crippen LogP contribution in [0.4, 0.5) is 10.1 Å². The number of rotatable bonds is 2. The lowest BCUT2D eigenvalue weighted by molar-refractivity contribution is -0.118. The van der Waals surface area contributed by atoms with Crippen LogP contribution in [0.3, 0.4) is 0 Å². The van der Waals surface area contributed by atoms with Crippen molar-refractivity contribution in [2.45, 2.75) is 6.54 Å².